The molecule has 0 spiro atoms. The third-order valence-electron chi connectivity index (χ3n) is 5.14. The van der Waals surface area contributed by atoms with Gasteiger partial charge in [-0.25, -0.2) is 14.2 Å². The molecule has 7 heteroatoms. The van der Waals surface area contributed by atoms with Crippen molar-refractivity contribution in [2.75, 3.05) is 0 Å². The minimum atomic E-state index is -0.499. The van der Waals surface area contributed by atoms with Gasteiger partial charge in [0.15, 0.2) is 0 Å². The normalized spacial score (nSPS) is 11.5. The highest BCUT2D eigenvalue weighted by Gasteiger charge is 2.14. The highest BCUT2D eigenvalue weighted by Crippen LogP contribution is 2.21. The summed E-state index contributed by atoms with van der Waals surface area (Å²) in [6.07, 6.45) is 5.58. The lowest BCUT2D eigenvalue weighted by molar-refractivity contribution is -0.749. The number of nitrogens with zero attached hydrogens (tertiary/aromatic N) is 2. The zero-order valence-corrected chi connectivity index (χ0v) is 19.2. The molecule has 4 aromatic rings. The molecule has 0 aliphatic rings. The molecule has 0 saturated heterocycles. The van der Waals surface area contributed by atoms with Crippen molar-refractivity contribution in [2.45, 2.75) is 20.1 Å². The predicted molar refractivity (Wildman–Crippen MR) is 125 cm³/mol. The van der Waals surface area contributed by atoms with Crippen LogP contribution >= 0.6 is 0 Å². The van der Waals surface area contributed by atoms with Crippen LogP contribution in [0.2, 0.25) is 0 Å². The molecule has 34 heavy (non-hydrogen) atoms. The second-order valence-electron chi connectivity index (χ2n) is 7.88. The van der Waals surface area contributed by atoms with Gasteiger partial charge in [0, 0.05) is 6.92 Å². The van der Waals surface area contributed by atoms with Gasteiger partial charge >= 0.3 is 11.9 Å². The lowest BCUT2D eigenvalue weighted by atomic mass is 10.1. The first kappa shape index (κ1) is 22.8. The van der Waals surface area contributed by atoms with Crippen LogP contribution in [0, 0.1) is 6.92 Å². The summed E-state index contributed by atoms with van der Waals surface area (Å²) < 4.78 is 20.6. The van der Waals surface area contributed by atoms with Gasteiger partial charge in [-0.2, -0.15) is 4.57 Å². The highest BCUT2D eigenvalue weighted by atomic mass is 16.5. The zero-order chi connectivity index (χ0) is 24.1. The molecule has 0 amide bonds. The van der Waals surface area contributed by atoms with Gasteiger partial charge in [0.25, 0.3) is 0 Å². The van der Waals surface area contributed by atoms with Gasteiger partial charge in [-0.15, -0.1) is 0 Å². The van der Waals surface area contributed by atoms with Crippen molar-refractivity contribution in [1.82, 2.24) is 4.57 Å². The van der Waals surface area contributed by atoms with Crippen LogP contribution < -0.4 is 18.8 Å². The Balaban J connectivity index is 1.32. The van der Waals surface area contributed by atoms with Crippen LogP contribution in [-0.2, 0) is 7.05 Å². The number of aryl methyl sites for hydroxylation is 2. The van der Waals surface area contributed by atoms with E-state index in [0.29, 0.717) is 28.4 Å². The lowest BCUT2D eigenvalue weighted by Crippen LogP contribution is -2.38. The number of rotatable bonds is 7. The Bertz CT molecular complexity index is 1280. The molecule has 0 saturated carbocycles. The Morgan fingerprint density at radius 1 is 0.765 bits per heavy atom. The number of benzene rings is 3. The van der Waals surface area contributed by atoms with Gasteiger partial charge < -0.3 is 14.2 Å². The Morgan fingerprint density at radius 2 is 1.24 bits per heavy atom. The van der Waals surface area contributed by atoms with Gasteiger partial charge in [-0.3, -0.25) is 0 Å². The van der Waals surface area contributed by atoms with Gasteiger partial charge in [-0.1, -0.05) is 17.7 Å². The number of esters is 2. The van der Waals surface area contributed by atoms with Crippen LogP contribution in [0.5, 0.6) is 17.2 Å². The smallest absolute Gasteiger partial charge is 0.343 e. The average Bonchev–Trinajstić information content (AvgIpc) is 3.27. The fraction of sp³-hybridized carbons (Fsp3) is 0.148. The first-order chi connectivity index (χ1) is 16.4. The largest absolute Gasteiger partial charge is 0.452 e. The van der Waals surface area contributed by atoms with Crippen LogP contribution in [0.25, 0.3) is 0 Å². The summed E-state index contributed by atoms with van der Waals surface area (Å²) in [6.45, 7) is 3.88. The molecule has 1 aromatic heterocycles. The second kappa shape index (κ2) is 10.0. The Morgan fingerprint density at radius 3 is 1.71 bits per heavy atom. The number of carbonyl (C=O) groups is 2. The molecule has 172 valence electrons. The molecule has 7 nitrogen and oxygen atoms in total. The molecular formula is C27H25N2O5+. The monoisotopic (exact) mass is 457 g/mol. The molecule has 1 heterocycles. The summed E-state index contributed by atoms with van der Waals surface area (Å²) in [5.74, 6) is 0.389. The van der Waals surface area contributed by atoms with E-state index in [0.717, 1.165) is 5.56 Å². The maximum absolute atomic E-state index is 12.5. The number of imidazole rings is 1. The zero-order valence-electron chi connectivity index (χ0n) is 19.2. The fourth-order valence-corrected chi connectivity index (χ4v) is 3.21. The summed E-state index contributed by atoms with van der Waals surface area (Å²) in [5, 5.41) is 0. The van der Waals surface area contributed by atoms with E-state index in [2.05, 4.69) is 0 Å². The summed E-state index contributed by atoms with van der Waals surface area (Å²) in [4.78, 5) is 24.7. The highest BCUT2D eigenvalue weighted by molar-refractivity contribution is 5.92. The van der Waals surface area contributed by atoms with Crippen molar-refractivity contribution in [2.24, 2.45) is 7.05 Å². The number of hydrogen-bond donors (Lipinski definition) is 0. The average molecular weight is 458 g/mol. The molecule has 1 unspecified atom stereocenters. The van der Waals surface area contributed by atoms with Gasteiger partial charge in [0.2, 0.25) is 12.6 Å². The summed E-state index contributed by atoms with van der Waals surface area (Å²) in [7, 11) is 1.94. The topological polar surface area (TPSA) is 70.6 Å². The maximum Gasteiger partial charge on any atom is 0.343 e. The SMILES string of the molecule is Cc1ccc(C(=O)Oc2ccc(OC(=O)c3ccc(OC(C)[n+]4ccn(C)c4)cc3)cc2)cc1. The quantitative estimate of drug-likeness (QED) is 0.229. The van der Waals surface area contributed by atoms with Crippen LogP contribution in [0.4, 0.5) is 0 Å². The van der Waals surface area contributed by atoms with Crippen molar-refractivity contribution in [1.29, 1.82) is 0 Å². The summed E-state index contributed by atoms with van der Waals surface area (Å²) in [6, 6.07) is 20.2. The fourth-order valence-electron chi connectivity index (χ4n) is 3.21. The van der Waals surface area contributed by atoms with Crippen molar-refractivity contribution in [3.05, 3.63) is 108 Å². The first-order valence-electron chi connectivity index (χ1n) is 10.8. The summed E-state index contributed by atoms with van der Waals surface area (Å²) in [5.41, 5.74) is 1.91. The van der Waals surface area contributed by atoms with E-state index in [1.165, 1.54) is 0 Å². The van der Waals surface area contributed by atoms with E-state index in [-0.39, 0.29) is 6.23 Å². The van der Waals surface area contributed by atoms with E-state index in [1.54, 1.807) is 60.7 Å². The van der Waals surface area contributed by atoms with Crippen molar-refractivity contribution in [3.8, 4) is 17.2 Å². The Hall–Kier alpha value is -4.39. The van der Waals surface area contributed by atoms with Crippen molar-refractivity contribution < 1.29 is 28.4 Å². The van der Waals surface area contributed by atoms with E-state index in [9.17, 15) is 9.59 Å². The third kappa shape index (κ3) is 5.69. The van der Waals surface area contributed by atoms with E-state index in [4.69, 9.17) is 14.2 Å². The molecule has 1 atom stereocenters. The van der Waals surface area contributed by atoms with Crippen LogP contribution in [0.1, 0.15) is 39.4 Å². The van der Waals surface area contributed by atoms with Gasteiger partial charge in [0.05, 0.1) is 18.2 Å². The Kier molecular flexibility index (Phi) is 6.73. The third-order valence-corrected chi connectivity index (χ3v) is 5.14. The number of ether oxygens (including phenoxy) is 3. The first-order valence-corrected chi connectivity index (χ1v) is 10.8. The molecule has 0 bridgehead atoms. The molecule has 0 N–H and O–H groups in total. The molecule has 0 radical (unpaired) electrons. The maximum atomic E-state index is 12.5. The van der Waals surface area contributed by atoms with Crippen molar-refractivity contribution in [3.63, 3.8) is 0 Å². The predicted octanol–water partition coefficient (Wildman–Crippen LogP) is 4.66. The van der Waals surface area contributed by atoms with E-state index < -0.39 is 11.9 Å². The van der Waals surface area contributed by atoms with Crippen molar-refractivity contribution >= 4 is 11.9 Å². The molecule has 4 rings (SSSR count). The van der Waals surface area contributed by atoms with Gasteiger partial charge in [0.1, 0.15) is 29.6 Å². The van der Waals surface area contributed by atoms with E-state index >= 15 is 0 Å². The Labute approximate surface area is 197 Å². The van der Waals surface area contributed by atoms with Crippen LogP contribution in [0.3, 0.4) is 0 Å². The summed E-state index contributed by atoms with van der Waals surface area (Å²) >= 11 is 0. The number of carbonyl (C=O) groups excluding carboxylic acids is 2. The molecular weight excluding hydrogens is 432 g/mol. The second-order valence-corrected chi connectivity index (χ2v) is 7.88. The van der Waals surface area contributed by atoms with E-state index in [1.807, 2.05) is 60.9 Å². The minimum Gasteiger partial charge on any atom is -0.452 e. The number of hydrogen-bond acceptors (Lipinski definition) is 5. The minimum absolute atomic E-state index is 0.197. The van der Waals surface area contributed by atoms with Crippen LogP contribution in [-0.4, -0.2) is 16.5 Å². The lowest BCUT2D eigenvalue weighted by Gasteiger charge is -2.12. The standard InChI is InChI=1S/C27H25N2O5/c1-19-4-6-21(7-5-19)26(30)33-24-12-14-25(15-13-24)34-27(31)22-8-10-23(11-9-22)32-20(2)29-17-16-28(3)18-29/h4-18,20H,1-3H3/q+1. The molecule has 0 aliphatic carbocycles. The van der Waals surface area contributed by atoms with Crippen LogP contribution in [0.15, 0.2) is 91.5 Å². The number of aromatic nitrogens is 2. The molecule has 3 aromatic carbocycles. The molecule has 0 fully saturated rings. The molecule has 0 aliphatic heterocycles. The van der Waals surface area contributed by atoms with Gasteiger partial charge in [-0.05, 0) is 67.6 Å².